The van der Waals surface area contributed by atoms with Gasteiger partial charge in [-0.25, -0.2) is 12.8 Å². The number of likely N-dealkylation sites (tertiary alicyclic amines) is 1. The molecule has 0 unspecified atom stereocenters. The fourth-order valence-corrected chi connectivity index (χ4v) is 10.8. The minimum absolute atomic E-state index is 0.000471. The third kappa shape index (κ3) is 3.91. The van der Waals surface area contributed by atoms with Crippen LogP contribution in [-0.4, -0.2) is 44.2 Å². The zero-order valence-electron chi connectivity index (χ0n) is 22.7. The van der Waals surface area contributed by atoms with E-state index < -0.39 is 44.2 Å². The Morgan fingerprint density at radius 2 is 1.52 bits per heavy atom. The minimum Gasteiger partial charge on any atom is -0.337 e. The van der Waals surface area contributed by atoms with E-state index in [1.165, 1.54) is 24.3 Å². The lowest BCUT2D eigenvalue weighted by Gasteiger charge is -2.57. The number of sulfone groups is 1. The molecule has 1 heterocycles. The van der Waals surface area contributed by atoms with Gasteiger partial charge in [0.05, 0.1) is 10.9 Å². The predicted molar refractivity (Wildman–Crippen MR) is 139 cm³/mol. The lowest BCUT2D eigenvalue weighted by molar-refractivity contribution is -0.348. The van der Waals surface area contributed by atoms with E-state index in [9.17, 15) is 43.9 Å². The molecule has 0 bridgehead atoms. The van der Waals surface area contributed by atoms with Crippen molar-refractivity contribution < 1.29 is 43.9 Å². The average Bonchev–Trinajstić information content (AvgIpc) is 3.29. The first-order valence-corrected chi connectivity index (χ1v) is 15.5. The van der Waals surface area contributed by atoms with Crippen LogP contribution < -0.4 is 0 Å². The van der Waals surface area contributed by atoms with Crippen LogP contribution in [0.1, 0.15) is 62.1 Å². The van der Waals surface area contributed by atoms with Crippen molar-refractivity contribution in [1.82, 2.24) is 4.90 Å². The van der Waals surface area contributed by atoms with Crippen LogP contribution in [0.2, 0.25) is 0 Å². The summed E-state index contributed by atoms with van der Waals surface area (Å²) in [6.07, 6.45) is -9.22. The Balaban J connectivity index is 1.44. The van der Waals surface area contributed by atoms with Crippen molar-refractivity contribution in [2.75, 3.05) is 6.54 Å². The Hall–Kier alpha value is -2.63. The number of aryl methyl sites for hydroxylation is 1. The minimum atomic E-state index is -6.29. The standard InChI is InChI=1S/C30H30F7NO3S/c1-18-14-26(15-18)16-20(17-26)25(39)38-12-11-27(42(40,41)22-5-3-2-4-6-22)23-9-8-21(13-19(23)7-10-24(27)38)28(31,29(32,33)34)30(35,36)37/h2-6,8-9,13,18,20,24H,7,10-12,14-17H2,1H3/t18?,20?,24-,26?,27-/m1/s1. The van der Waals surface area contributed by atoms with E-state index in [1.807, 2.05) is 0 Å². The quantitative estimate of drug-likeness (QED) is 0.347. The third-order valence-electron chi connectivity index (χ3n) is 10.2. The SMILES string of the molecule is CC1CC2(C1)CC(C(=O)N1CC[C@@]3(S(=O)(=O)c4ccccc4)c4ccc(C(F)(C(F)(F)F)C(F)(F)F)cc4CC[C@@H]13)C2. The molecule has 1 spiro atoms. The van der Waals surface area contributed by atoms with Crippen molar-refractivity contribution >= 4 is 15.7 Å². The molecule has 1 aliphatic heterocycles. The predicted octanol–water partition coefficient (Wildman–Crippen LogP) is 7.02. The Morgan fingerprint density at radius 1 is 0.905 bits per heavy atom. The first-order valence-electron chi connectivity index (χ1n) is 14.0. The summed E-state index contributed by atoms with van der Waals surface area (Å²) >= 11 is 0. The number of hydrogen-bond donors (Lipinski definition) is 0. The van der Waals surface area contributed by atoms with Gasteiger partial charge in [-0.15, -0.1) is 0 Å². The Bertz CT molecular complexity index is 1490. The topological polar surface area (TPSA) is 54.5 Å². The van der Waals surface area contributed by atoms with Gasteiger partial charge in [-0.2, -0.15) is 26.3 Å². The molecule has 2 aromatic rings. The van der Waals surface area contributed by atoms with Gasteiger partial charge < -0.3 is 4.90 Å². The molecule has 0 aromatic heterocycles. The van der Waals surface area contributed by atoms with Crippen LogP contribution in [0.15, 0.2) is 53.4 Å². The first-order chi connectivity index (χ1) is 19.5. The molecule has 3 aliphatic carbocycles. The monoisotopic (exact) mass is 617 g/mol. The summed E-state index contributed by atoms with van der Waals surface area (Å²) in [5.74, 6) is 0.198. The van der Waals surface area contributed by atoms with Gasteiger partial charge in [-0.1, -0.05) is 43.3 Å². The maximum Gasteiger partial charge on any atom is 0.435 e. The molecule has 1 saturated heterocycles. The molecule has 2 aromatic carbocycles. The van der Waals surface area contributed by atoms with Crippen LogP contribution >= 0.6 is 0 Å². The largest absolute Gasteiger partial charge is 0.435 e. The molecule has 42 heavy (non-hydrogen) atoms. The summed E-state index contributed by atoms with van der Waals surface area (Å²) in [4.78, 5) is 15.2. The van der Waals surface area contributed by atoms with Crippen LogP contribution in [-0.2, 0) is 31.5 Å². The summed E-state index contributed by atoms with van der Waals surface area (Å²) in [6.45, 7) is 2.24. The highest BCUT2D eigenvalue weighted by molar-refractivity contribution is 7.92. The molecule has 3 fully saturated rings. The summed E-state index contributed by atoms with van der Waals surface area (Å²) in [5, 5.41) is 0. The highest BCUT2D eigenvalue weighted by Gasteiger charge is 2.74. The molecule has 228 valence electrons. The van der Waals surface area contributed by atoms with Crippen molar-refractivity contribution in [1.29, 1.82) is 0 Å². The van der Waals surface area contributed by atoms with Gasteiger partial charge in [-0.3, -0.25) is 4.79 Å². The third-order valence-corrected chi connectivity index (χ3v) is 12.7. The van der Waals surface area contributed by atoms with Gasteiger partial charge >= 0.3 is 18.0 Å². The Labute approximate surface area is 239 Å². The molecule has 4 aliphatic rings. The number of nitrogens with zero attached hydrogens (tertiary/aromatic N) is 1. The van der Waals surface area contributed by atoms with Gasteiger partial charge in [0.15, 0.2) is 9.84 Å². The Kier molecular flexibility index (Phi) is 6.44. The number of halogens is 7. The van der Waals surface area contributed by atoms with Gasteiger partial charge in [0.2, 0.25) is 5.91 Å². The summed E-state index contributed by atoms with van der Waals surface area (Å²) in [6, 6.07) is 8.32. The molecule has 2 saturated carbocycles. The van der Waals surface area contributed by atoms with Crippen LogP contribution in [0.5, 0.6) is 0 Å². The highest BCUT2D eigenvalue weighted by atomic mass is 32.2. The van der Waals surface area contributed by atoms with E-state index >= 15 is 0 Å². The van der Waals surface area contributed by atoms with Crippen molar-refractivity contribution in [3.8, 4) is 0 Å². The van der Waals surface area contributed by atoms with E-state index in [1.54, 1.807) is 11.0 Å². The molecule has 4 nitrogen and oxygen atoms in total. The number of rotatable bonds is 4. The average molecular weight is 618 g/mol. The van der Waals surface area contributed by atoms with E-state index in [0.29, 0.717) is 18.1 Å². The maximum absolute atomic E-state index is 15.0. The lowest BCUT2D eigenvalue weighted by Crippen LogP contribution is -2.56. The van der Waals surface area contributed by atoms with Gasteiger partial charge in [0.1, 0.15) is 4.75 Å². The fraction of sp³-hybridized carbons (Fsp3) is 0.567. The summed E-state index contributed by atoms with van der Waals surface area (Å²) < 4.78 is 123. The molecule has 12 heteroatoms. The van der Waals surface area contributed by atoms with Crippen LogP contribution in [0, 0.1) is 17.3 Å². The lowest BCUT2D eigenvalue weighted by atomic mass is 9.48. The molecule has 6 rings (SSSR count). The highest BCUT2D eigenvalue weighted by Crippen LogP contribution is 2.62. The van der Waals surface area contributed by atoms with Gasteiger partial charge in [0.25, 0.3) is 0 Å². The fourth-order valence-electron chi connectivity index (χ4n) is 8.45. The van der Waals surface area contributed by atoms with E-state index in [4.69, 9.17) is 0 Å². The molecule has 0 radical (unpaired) electrons. The molecule has 1 amide bonds. The number of fused-ring (bicyclic) bond motifs is 3. The van der Waals surface area contributed by atoms with E-state index in [0.717, 1.165) is 31.7 Å². The normalized spacial score (nSPS) is 31.2. The smallest absolute Gasteiger partial charge is 0.337 e. The molecule has 2 atom stereocenters. The number of amides is 1. The maximum atomic E-state index is 15.0. The first kappa shape index (κ1) is 29.4. The van der Waals surface area contributed by atoms with Crippen LogP contribution in [0.4, 0.5) is 30.7 Å². The molecular weight excluding hydrogens is 587 g/mol. The van der Waals surface area contributed by atoms with E-state index in [-0.39, 0.29) is 59.1 Å². The number of hydrogen-bond acceptors (Lipinski definition) is 3. The molecular formula is C30H30F7NO3S. The van der Waals surface area contributed by atoms with Gasteiger partial charge in [-0.05, 0) is 79.5 Å². The zero-order chi connectivity index (χ0) is 30.5. The number of carbonyl (C=O) groups is 1. The van der Waals surface area contributed by atoms with Crippen molar-refractivity contribution in [3.63, 3.8) is 0 Å². The van der Waals surface area contributed by atoms with Crippen LogP contribution in [0.25, 0.3) is 0 Å². The second-order valence-electron chi connectivity index (χ2n) is 12.7. The second kappa shape index (κ2) is 9.19. The Morgan fingerprint density at radius 3 is 2.10 bits per heavy atom. The van der Waals surface area contributed by atoms with Crippen molar-refractivity contribution in [2.24, 2.45) is 17.3 Å². The second-order valence-corrected chi connectivity index (χ2v) is 14.9. The summed E-state index contributed by atoms with van der Waals surface area (Å²) in [5.41, 5.74) is -7.19. The van der Waals surface area contributed by atoms with Crippen LogP contribution in [0.3, 0.4) is 0 Å². The number of benzene rings is 2. The molecule has 0 N–H and O–H groups in total. The van der Waals surface area contributed by atoms with Crippen molar-refractivity contribution in [2.45, 2.75) is 85.6 Å². The summed E-state index contributed by atoms with van der Waals surface area (Å²) in [7, 11) is -4.32. The zero-order valence-corrected chi connectivity index (χ0v) is 23.6. The number of carbonyl (C=O) groups excluding carboxylic acids is 1. The van der Waals surface area contributed by atoms with Crippen molar-refractivity contribution in [3.05, 3.63) is 65.2 Å². The van der Waals surface area contributed by atoms with Gasteiger partial charge in [0, 0.05) is 18.0 Å². The van der Waals surface area contributed by atoms with E-state index in [2.05, 4.69) is 6.92 Å². The number of alkyl halides is 7.